The van der Waals surface area contributed by atoms with Crippen LogP contribution in [0.3, 0.4) is 0 Å². The van der Waals surface area contributed by atoms with E-state index in [1.807, 2.05) is 27.9 Å². The van der Waals surface area contributed by atoms with Crippen molar-refractivity contribution in [3.05, 3.63) is 0 Å². The fourth-order valence-electron chi connectivity index (χ4n) is 1.78. The number of nitrogens with one attached hydrogen (secondary N) is 1. The van der Waals surface area contributed by atoms with Crippen LogP contribution in [0.5, 0.6) is 0 Å². The third-order valence-electron chi connectivity index (χ3n) is 2.90. The van der Waals surface area contributed by atoms with Crippen LogP contribution in [0.25, 0.3) is 0 Å². The SMILES string of the molecule is CC.CC1CNCCC1CC(=O)N(C)C. The van der Waals surface area contributed by atoms with Crippen LogP contribution < -0.4 is 5.32 Å². The molecule has 1 aliphatic rings. The minimum absolute atomic E-state index is 0.263. The topological polar surface area (TPSA) is 32.3 Å². The van der Waals surface area contributed by atoms with Crippen molar-refractivity contribution in [2.75, 3.05) is 27.2 Å². The van der Waals surface area contributed by atoms with E-state index in [9.17, 15) is 4.79 Å². The number of hydrogen-bond acceptors (Lipinski definition) is 2. The van der Waals surface area contributed by atoms with E-state index in [0.717, 1.165) is 25.9 Å². The standard InChI is InChI=1S/C10H20N2O.C2H6/c1-8-7-11-5-4-9(8)6-10(13)12(2)3;1-2/h8-9,11H,4-7H2,1-3H3;1-2H3. The first-order valence-electron chi connectivity index (χ1n) is 6.02. The van der Waals surface area contributed by atoms with E-state index in [4.69, 9.17) is 0 Å². The van der Waals surface area contributed by atoms with Gasteiger partial charge in [0.1, 0.15) is 0 Å². The van der Waals surface area contributed by atoms with Gasteiger partial charge in [-0.25, -0.2) is 0 Å². The predicted octanol–water partition coefficient (Wildman–Crippen LogP) is 1.74. The van der Waals surface area contributed by atoms with E-state index in [0.29, 0.717) is 11.8 Å². The highest BCUT2D eigenvalue weighted by Gasteiger charge is 2.23. The summed E-state index contributed by atoms with van der Waals surface area (Å²) in [6.07, 6.45) is 1.86. The zero-order valence-corrected chi connectivity index (χ0v) is 10.8. The van der Waals surface area contributed by atoms with Crippen LogP contribution in [0, 0.1) is 11.8 Å². The molecular formula is C12H26N2O. The molecule has 0 spiro atoms. The van der Waals surface area contributed by atoms with Gasteiger partial charge in [-0.05, 0) is 31.3 Å². The third-order valence-corrected chi connectivity index (χ3v) is 2.90. The zero-order chi connectivity index (χ0) is 11.8. The number of hydrogen-bond donors (Lipinski definition) is 1. The molecule has 90 valence electrons. The molecule has 1 N–H and O–H groups in total. The number of rotatable bonds is 2. The van der Waals surface area contributed by atoms with Gasteiger partial charge in [-0.2, -0.15) is 0 Å². The molecule has 1 heterocycles. The zero-order valence-electron chi connectivity index (χ0n) is 10.8. The van der Waals surface area contributed by atoms with Gasteiger partial charge in [-0.3, -0.25) is 4.79 Å². The van der Waals surface area contributed by atoms with Crippen molar-refractivity contribution in [3.63, 3.8) is 0 Å². The Morgan fingerprint density at radius 3 is 2.47 bits per heavy atom. The van der Waals surface area contributed by atoms with E-state index in [-0.39, 0.29) is 5.91 Å². The first kappa shape index (κ1) is 14.4. The van der Waals surface area contributed by atoms with Crippen molar-refractivity contribution in [1.82, 2.24) is 10.2 Å². The van der Waals surface area contributed by atoms with Gasteiger partial charge in [0.2, 0.25) is 5.91 Å². The van der Waals surface area contributed by atoms with Gasteiger partial charge in [0.05, 0.1) is 0 Å². The van der Waals surface area contributed by atoms with Crippen molar-refractivity contribution in [2.45, 2.75) is 33.6 Å². The third kappa shape index (κ3) is 5.17. The molecule has 0 aromatic carbocycles. The maximum atomic E-state index is 11.5. The first-order valence-corrected chi connectivity index (χ1v) is 6.02. The van der Waals surface area contributed by atoms with Crippen molar-refractivity contribution in [1.29, 1.82) is 0 Å². The number of carbonyl (C=O) groups is 1. The average Bonchev–Trinajstić information content (AvgIpc) is 2.24. The van der Waals surface area contributed by atoms with E-state index in [1.54, 1.807) is 4.90 Å². The molecule has 0 bridgehead atoms. The highest BCUT2D eigenvalue weighted by atomic mass is 16.2. The molecule has 1 rings (SSSR count). The molecule has 2 unspecified atom stereocenters. The van der Waals surface area contributed by atoms with Crippen molar-refractivity contribution < 1.29 is 4.79 Å². The van der Waals surface area contributed by atoms with Gasteiger partial charge in [-0.15, -0.1) is 0 Å². The van der Waals surface area contributed by atoms with Crippen LogP contribution in [0.15, 0.2) is 0 Å². The maximum Gasteiger partial charge on any atom is 0.222 e. The van der Waals surface area contributed by atoms with Crippen molar-refractivity contribution >= 4 is 5.91 Å². The molecule has 1 amide bonds. The first-order chi connectivity index (χ1) is 7.11. The van der Waals surface area contributed by atoms with Crippen molar-refractivity contribution in [3.8, 4) is 0 Å². The lowest BCUT2D eigenvalue weighted by Gasteiger charge is -2.29. The Labute approximate surface area is 94.2 Å². The summed E-state index contributed by atoms with van der Waals surface area (Å²) in [6.45, 7) is 8.35. The van der Waals surface area contributed by atoms with Crippen LogP contribution in [0.1, 0.15) is 33.6 Å². The monoisotopic (exact) mass is 214 g/mol. The van der Waals surface area contributed by atoms with E-state index < -0.39 is 0 Å². The Morgan fingerprint density at radius 1 is 1.40 bits per heavy atom. The molecule has 1 fully saturated rings. The van der Waals surface area contributed by atoms with E-state index in [1.165, 1.54) is 0 Å². The molecule has 1 saturated heterocycles. The molecule has 0 aliphatic carbocycles. The molecule has 3 nitrogen and oxygen atoms in total. The largest absolute Gasteiger partial charge is 0.349 e. The Hall–Kier alpha value is -0.570. The van der Waals surface area contributed by atoms with Crippen LogP contribution in [0.2, 0.25) is 0 Å². The minimum Gasteiger partial charge on any atom is -0.349 e. The van der Waals surface area contributed by atoms with Gasteiger partial charge >= 0.3 is 0 Å². The van der Waals surface area contributed by atoms with Gasteiger partial charge in [0.15, 0.2) is 0 Å². The summed E-state index contributed by atoms with van der Waals surface area (Å²) in [5, 5.41) is 3.34. The molecule has 3 heteroatoms. The second kappa shape index (κ2) is 7.69. The summed E-state index contributed by atoms with van der Waals surface area (Å²) in [4.78, 5) is 13.2. The molecular weight excluding hydrogens is 188 g/mol. The maximum absolute atomic E-state index is 11.5. The molecule has 0 saturated carbocycles. The summed E-state index contributed by atoms with van der Waals surface area (Å²) in [7, 11) is 3.65. The smallest absolute Gasteiger partial charge is 0.222 e. The van der Waals surface area contributed by atoms with Crippen molar-refractivity contribution in [2.24, 2.45) is 11.8 Å². The summed E-state index contributed by atoms with van der Waals surface area (Å²) in [6, 6.07) is 0. The molecule has 0 radical (unpaired) electrons. The molecule has 0 aromatic rings. The Bertz CT molecular complexity index is 180. The number of nitrogens with zero attached hydrogens (tertiary/aromatic N) is 1. The Morgan fingerprint density at radius 2 is 2.00 bits per heavy atom. The second-order valence-electron chi connectivity index (χ2n) is 4.22. The van der Waals surface area contributed by atoms with Gasteiger partial charge in [0, 0.05) is 20.5 Å². The normalized spacial score (nSPS) is 25.1. The highest BCUT2D eigenvalue weighted by Crippen LogP contribution is 2.22. The Kier molecular flexibility index (Phi) is 7.39. The summed E-state index contributed by atoms with van der Waals surface area (Å²) >= 11 is 0. The Balaban J connectivity index is 0.000000921. The predicted molar refractivity (Wildman–Crippen MR) is 64.8 cm³/mol. The number of piperidine rings is 1. The lowest BCUT2D eigenvalue weighted by molar-refractivity contribution is -0.130. The van der Waals surface area contributed by atoms with E-state index >= 15 is 0 Å². The van der Waals surface area contributed by atoms with E-state index in [2.05, 4.69) is 12.2 Å². The number of carbonyl (C=O) groups excluding carboxylic acids is 1. The van der Waals surface area contributed by atoms with Gasteiger partial charge < -0.3 is 10.2 Å². The lowest BCUT2D eigenvalue weighted by atomic mass is 9.85. The molecule has 2 atom stereocenters. The summed E-state index contributed by atoms with van der Waals surface area (Å²) in [5.41, 5.74) is 0. The quantitative estimate of drug-likeness (QED) is 0.759. The number of amides is 1. The van der Waals surface area contributed by atoms with Crippen LogP contribution in [0.4, 0.5) is 0 Å². The highest BCUT2D eigenvalue weighted by molar-refractivity contribution is 5.75. The lowest BCUT2D eigenvalue weighted by Crippen LogP contribution is -2.37. The summed E-state index contributed by atoms with van der Waals surface area (Å²) in [5.74, 6) is 1.48. The average molecular weight is 214 g/mol. The minimum atomic E-state index is 0.263. The fraction of sp³-hybridized carbons (Fsp3) is 0.917. The molecule has 0 aromatic heterocycles. The second-order valence-corrected chi connectivity index (χ2v) is 4.22. The van der Waals surface area contributed by atoms with Gasteiger partial charge in [0.25, 0.3) is 0 Å². The van der Waals surface area contributed by atoms with Crippen LogP contribution in [-0.4, -0.2) is 38.0 Å². The molecule has 1 aliphatic heterocycles. The van der Waals surface area contributed by atoms with Crippen LogP contribution in [-0.2, 0) is 4.79 Å². The van der Waals surface area contributed by atoms with Gasteiger partial charge in [-0.1, -0.05) is 20.8 Å². The molecule has 15 heavy (non-hydrogen) atoms. The fourth-order valence-corrected chi connectivity index (χ4v) is 1.78. The summed E-state index contributed by atoms with van der Waals surface area (Å²) < 4.78 is 0. The van der Waals surface area contributed by atoms with Crippen LogP contribution >= 0.6 is 0 Å².